The first-order valence-electron chi connectivity index (χ1n) is 6.25. The van der Waals surface area contributed by atoms with Gasteiger partial charge in [0.15, 0.2) is 0 Å². The van der Waals surface area contributed by atoms with Crippen LogP contribution in [-0.4, -0.2) is 25.0 Å². The van der Waals surface area contributed by atoms with Crippen LogP contribution in [0.2, 0.25) is 0 Å². The Kier molecular flexibility index (Phi) is 3.98. The number of anilines is 1. The summed E-state index contributed by atoms with van der Waals surface area (Å²) in [5.41, 5.74) is 7.79. The van der Waals surface area contributed by atoms with Gasteiger partial charge in [0.25, 0.3) is 5.91 Å². The average molecular weight is 274 g/mol. The van der Waals surface area contributed by atoms with E-state index in [-0.39, 0.29) is 5.91 Å². The lowest BCUT2D eigenvalue weighted by Gasteiger charge is -2.17. The largest absolute Gasteiger partial charge is 0.495 e. The van der Waals surface area contributed by atoms with E-state index in [1.807, 2.05) is 13.0 Å². The van der Waals surface area contributed by atoms with Crippen molar-refractivity contribution in [1.82, 2.24) is 4.90 Å². The molecular formula is C15H18N2O3. The number of nitrogen functional groups attached to an aromatic ring is 1. The predicted molar refractivity (Wildman–Crippen MR) is 76.6 cm³/mol. The summed E-state index contributed by atoms with van der Waals surface area (Å²) in [5, 5.41) is 0. The van der Waals surface area contributed by atoms with Gasteiger partial charge in [-0.05, 0) is 31.2 Å². The molecule has 1 aromatic carbocycles. The maximum atomic E-state index is 12.4. The molecule has 0 bridgehead atoms. The Hall–Kier alpha value is -2.43. The minimum atomic E-state index is -0.0936. The van der Waals surface area contributed by atoms with E-state index in [4.69, 9.17) is 14.9 Å². The summed E-state index contributed by atoms with van der Waals surface area (Å²) in [5.74, 6) is 1.23. The molecular weight excluding hydrogens is 256 g/mol. The van der Waals surface area contributed by atoms with E-state index >= 15 is 0 Å². The van der Waals surface area contributed by atoms with Crippen molar-refractivity contribution >= 4 is 11.6 Å². The van der Waals surface area contributed by atoms with Gasteiger partial charge in [0.05, 0.1) is 19.1 Å². The number of methoxy groups -OCH3 is 1. The molecule has 0 saturated heterocycles. The minimum Gasteiger partial charge on any atom is -0.495 e. The highest BCUT2D eigenvalue weighted by Crippen LogP contribution is 2.23. The molecule has 1 amide bonds. The zero-order valence-electron chi connectivity index (χ0n) is 11.8. The van der Waals surface area contributed by atoms with Gasteiger partial charge in [-0.25, -0.2) is 0 Å². The molecule has 2 aromatic rings. The molecule has 5 nitrogen and oxygen atoms in total. The number of benzene rings is 1. The molecule has 106 valence electrons. The zero-order valence-corrected chi connectivity index (χ0v) is 11.8. The molecule has 0 aliphatic heterocycles. The van der Waals surface area contributed by atoms with Crippen molar-refractivity contribution in [3.05, 3.63) is 47.4 Å². The number of nitrogens with zero attached hydrogens (tertiary/aromatic N) is 1. The van der Waals surface area contributed by atoms with Gasteiger partial charge in [0.1, 0.15) is 11.5 Å². The van der Waals surface area contributed by atoms with E-state index < -0.39 is 0 Å². The Morgan fingerprint density at radius 1 is 1.40 bits per heavy atom. The molecule has 1 aromatic heterocycles. The number of hydrogen-bond donors (Lipinski definition) is 1. The molecule has 0 spiro atoms. The van der Waals surface area contributed by atoms with Gasteiger partial charge >= 0.3 is 0 Å². The summed E-state index contributed by atoms with van der Waals surface area (Å²) in [6.45, 7) is 2.37. The molecule has 2 rings (SSSR count). The Bertz CT molecular complexity index is 619. The normalized spacial score (nSPS) is 10.3. The third-order valence-corrected chi connectivity index (χ3v) is 3.20. The summed E-state index contributed by atoms with van der Waals surface area (Å²) in [6.07, 6.45) is 1.62. The van der Waals surface area contributed by atoms with Gasteiger partial charge in [-0.15, -0.1) is 0 Å². The van der Waals surface area contributed by atoms with Crippen LogP contribution in [0.5, 0.6) is 5.75 Å². The lowest BCUT2D eigenvalue weighted by Crippen LogP contribution is -2.26. The van der Waals surface area contributed by atoms with Crippen molar-refractivity contribution in [3.8, 4) is 5.75 Å². The van der Waals surface area contributed by atoms with Crippen molar-refractivity contribution in [2.75, 3.05) is 19.9 Å². The third-order valence-electron chi connectivity index (χ3n) is 3.20. The minimum absolute atomic E-state index is 0.0936. The second-order valence-electron chi connectivity index (χ2n) is 4.62. The number of carbonyl (C=O) groups is 1. The fourth-order valence-corrected chi connectivity index (χ4v) is 1.97. The average Bonchev–Trinajstić information content (AvgIpc) is 2.84. The molecule has 20 heavy (non-hydrogen) atoms. The fraction of sp³-hybridized carbons (Fsp3) is 0.267. The Labute approximate surface area is 117 Å². The highest BCUT2D eigenvalue weighted by molar-refractivity contribution is 5.95. The number of amides is 1. The van der Waals surface area contributed by atoms with Crippen LogP contribution in [0, 0.1) is 6.92 Å². The van der Waals surface area contributed by atoms with E-state index in [9.17, 15) is 4.79 Å². The smallest absolute Gasteiger partial charge is 0.254 e. The third kappa shape index (κ3) is 2.77. The van der Waals surface area contributed by atoms with E-state index in [0.717, 1.165) is 11.3 Å². The SMILES string of the molecule is COc1cc(C(=O)N(C)Cc2ccoc2C)ccc1N. The molecule has 1 heterocycles. The number of rotatable bonds is 4. The Morgan fingerprint density at radius 3 is 2.75 bits per heavy atom. The van der Waals surface area contributed by atoms with E-state index in [2.05, 4.69) is 0 Å². The van der Waals surface area contributed by atoms with Crippen molar-refractivity contribution in [2.45, 2.75) is 13.5 Å². The molecule has 5 heteroatoms. The van der Waals surface area contributed by atoms with Crippen molar-refractivity contribution in [1.29, 1.82) is 0 Å². The second kappa shape index (κ2) is 5.69. The van der Waals surface area contributed by atoms with Gasteiger partial charge in [-0.2, -0.15) is 0 Å². The number of aryl methyl sites for hydroxylation is 1. The molecule has 0 aliphatic carbocycles. The predicted octanol–water partition coefficient (Wildman–Crippen LogP) is 2.45. The van der Waals surface area contributed by atoms with Crippen LogP contribution < -0.4 is 10.5 Å². The van der Waals surface area contributed by atoms with Crippen molar-refractivity contribution in [3.63, 3.8) is 0 Å². The summed E-state index contributed by atoms with van der Waals surface area (Å²) in [6, 6.07) is 6.88. The van der Waals surface area contributed by atoms with Crippen LogP contribution in [0.3, 0.4) is 0 Å². The topological polar surface area (TPSA) is 68.7 Å². The monoisotopic (exact) mass is 274 g/mol. The molecule has 2 N–H and O–H groups in total. The lowest BCUT2D eigenvalue weighted by molar-refractivity contribution is 0.0784. The van der Waals surface area contributed by atoms with Crippen molar-refractivity contribution in [2.24, 2.45) is 0 Å². The van der Waals surface area contributed by atoms with Crippen LogP contribution in [0.1, 0.15) is 21.7 Å². The second-order valence-corrected chi connectivity index (χ2v) is 4.62. The first-order valence-corrected chi connectivity index (χ1v) is 6.25. The Balaban J connectivity index is 2.16. The maximum absolute atomic E-state index is 12.4. The molecule has 0 saturated carbocycles. The molecule has 0 radical (unpaired) electrons. The van der Waals surface area contributed by atoms with Gasteiger partial charge in [0.2, 0.25) is 0 Å². The molecule has 0 fully saturated rings. The number of nitrogens with two attached hydrogens (primary N) is 1. The number of furan rings is 1. The standard InChI is InChI=1S/C15H18N2O3/c1-10-12(6-7-20-10)9-17(2)15(18)11-4-5-13(16)14(8-11)19-3/h4-8H,9,16H2,1-3H3. The first-order chi connectivity index (χ1) is 9.52. The van der Waals surface area contributed by atoms with E-state index in [1.165, 1.54) is 7.11 Å². The summed E-state index contributed by atoms with van der Waals surface area (Å²) in [4.78, 5) is 14.0. The van der Waals surface area contributed by atoms with Crippen LogP contribution in [0.4, 0.5) is 5.69 Å². The maximum Gasteiger partial charge on any atom is 0.254 e. The van der Waals surface area contributed by atoms with Crippen molar-refractivity contribution < 1.29 is 13.9 Å². The van der Waals surface area contributed by atoms with Crippen LogP contribution >= 0.6 is 0 Å². The van der Waals surface area contributed by atoms with Crippen LogP contribution in [-0.2, 0) is 6.54 Å². The lowest BCUT2D eigenvalue weighted by atomic mass is 10.1. The summed E-state index contributed by atoms with van der Waals surface area (Å²) >= 11 is 0. The summed E-state index contributed by atoms with van der Waals surface area (Å²) < 4.78 is 10.4. The molecule has 0 atom stereocenters. The zero-order chi connectivity index (χ0) is 14.7. The number of hydrogen-bond acceptors (Lipinski definition) is 4. The Morgan fingerprint density at radius 2 is 2.15 bits per heavy atom. The summed E-state index contributed by atoms with van der Waals surface area (Å²) in [7, 11) is 3.27. The van der Waals surface area contributed by atoms with Gasteiger partial charge in [0, 0.05) is 24.7 Å². The van der Waals surface area contributed by atoms with Crippen LogP contribution in [0.15, 0.2) is 34.9 Å². The highest BCUT2D eigenvalue weighted by Gasteiger charge is 2.15. The number of carbonyl (C=O) groups excluding carboxylic acids is 1. The quantitative estimate of drug-likeness (QED) is 0.869. The van der Waals surface area contributed by atoms with E-state index in [0.29, 0.717) is 23.5 Å². The van der Waals surface area contributed by atoms with Gasteiger partial charge in [-0.3, -0.25) is 4.79 Å². The highest BCUT2D eigenvalue weighted by atomic mass is 16.5. The van der Waals surface area contributed by atoms with Crippen LogP contribution in [0.25, 0.3) is 0 Å². The number of ether oxygens (including phenoxy) is 1. The molecule has 0 unspecified atom stereocenters. The fourth-order valence-electron chi connectivity index (χ4n) is 1.97. The van der Waals surface area contributed by atoms with Gasteiger partial charge < -0.3 is 19.8 Å². The first kappa shape index (κ1) is 14.0. The van der Waals surface area contributed by atoms with Gasteiger partial charge in [-0.1, -0.05) is 0 Å². The van der Waals surface area contributed by atoms with E-state index in [1.54, 1.807) is 36.4 Å². The molecule has 0 aliphatic rings.